The fraction of sp³-hybridized carbons (Fsp3) is 0.250. The largest absolute Gasteiger partial charge is 0.387 e. The van der Waals surface area contributed by atoms with Crippen molar-refractivity contribution in [3.8, 4) is 5.69 Å². The Labute approximate surface area is 198 Å². The van der Waals surface area contributed by atoms with E-state index in [4.69, 9.17) is 0 Å². The highest BCUT2D eigenvalue weighted by Crippen LogP contribution is 2.29. The van der Waals surface area contributed by atoms with Crippen LogP contribution in [0.1, 0.15) is 38.1 Å². The smallest absolute Gasteiger partial charge is 0.178 e. The van der Waals surface area contributed by atoms with Gasteiger partial charge in [0, 0.05) is 17.5 Å². The molecule has 174 valence electrons. The molecule has 10 heteroatoms. The van der Waals surface area contributed by atoms with Crippen molar-refractivity contribution in [2.24, 2.45) is 0 Å². The SMILES string of the molecule is CC(C)Sc1nc2ncc(-n3ccc4ncc(C(C)O)nc43)cc2n1Cc1cc(F)cc(F)c1. The van der Waals surface area contributed by atoms with E-state index >= 15 is 0 Å². The molecule has 1 unspecified atom stereocenters. The molecule has 0 aliphatic carbocycles. The van der Waals surface area contributed by atoms with Crippen molar-refractivity contribution in [2.75, 3.05) is 0 Å². The van der Waals surface area contributed by atoms with Crippen LogP contribution in [0, 0.1) is 11.6 Å². The van der Waals surface area contributed by atoms with E-state index in [0.29, 0.717) is 33.2 Å². The van der Waals surface area contributed by atoms with Gasteiger partial charge in [-0.15, -0.1) is 0 Å². The standard InChI is InChI=1S/C24H22F2N6OS/c1-13(2)34-24-30-22-21(32(24)12-15-6-16(25)8-17(26)7-15)9-18(10-28-22)31-5-4-19-23(31)29-20(11-27-19)14(3)33/h4-11,13-14,33H,12H2,1-3H3. The monoisotopic (exact) mass is 480 g/mol. The number of aromatic nitrogens is 6. The predicted octanol–water partition coefficient (Wildman–Crippen LogP) is 5.05. The van der Waals surface area contributed by atoms with E-state index in [-0.39, 0.29) is 11.8 Å². The minimum atomic E-state index is -0.746. The molecule has 0 radical (unpaired) electrons. The number of nitrogens with zero attached hydrogens (tertiary/aromatic N) is 6. The summed E-state index contributed by atoms with van der Waals surface area (Å²) in [5, 5.41) is 10.9. The van der Waals surface area contributed by atoms with E-state index in [9.17, 15) is 13.9 Å². The third-order valence-electron chi connectivity index (χ3n) is 5.28. The van der Waals surface area contributed by atoms with Gasteiger partial charge in [0.2, 0.25) is 0 Å². The van der Waals surface area contributed by atoms with Gasteiger partial charge in [-0.3, -0.25) is 9.55 Å². The zero-order valence-corrected chi connectivity index (χ0v) is 19.6. The molecule has 0 bridgehead atoms. The van der Waals surface area contributed by atoms with E-state index < -0.39 is 17.7 Å². The van der Waals surface area contributed by atoms with E-state index in [1.54, 1.807) is 31.1 Å². The maximum Gasteiger partial charge on any atom is 0.178 e. The molecule has 4 aromatic heterocycles. The third kappa shape index (κ3) is 4.26. The first-order chi connectivity index (χ1) is 16.3. The predicted molar refractivity (Wildman–Crippen MR) is 127 cm³/mol. The first kappa shape index (κ1) is 22.4. The fourth-order valence-electron chi connectivity index (χ4n) is 3.77. The van der Waals surface area contributed by atoms with Crippen molar-refractivity contribution in [1.29, 1.82) is 0 Å². The summed E-state index contributed by atoms with van der Waals surface area (Å²) in [5.74, 6) is -1.25. The molecule has 4 heterocycles. The molecule has 0 amide bonds. The number of thioether (sulfide) groups is 1. The van der Waals surface area contributed by atoms with Crippen LogP contribution in [0.5, 0.6) is 0 Å². The molecular weight excluding hydrogens is 458 g/mol. The van der Waals surface area contributed by atoms with Crippen LogP contribution in [0.4, 0.5) is 8.78 Å². The van der Waals surface area contributed by atoms with E-state index in [2.05, 4.69) is 33.8 Å². The Morgan fingerprint density at radius 3 is 2.47 bits per heavy atom. The number of rotatable bonds is 6. The number of imidazole rings is 1. The second-order valence-electron chi connectivity index (χ2n) is 8.33. The number of aliphatic hydroxyl groups is 1. The van der Waals surface area contributed by atoms with Crippen LogP contribution in [0.3, 0.4) is 0 Å². The lowest BCUT2D eigenvalue weighted by Crippen LogP contribution is -2.05. The van der Waals surface area contributed by atoms with Crippen LogP contribution in [0.25, 0.3) is 28.0 Å². The van der Waals surface area contributed by atoms with Crippen LogP contribution < -0.4 is 0 Å². The van der Waals surface area contributed by atoms with E-state index in [1.165, 1.54) is 12.1 Å². The van der Waals surface area contributed by atoms with Gasteiger partial charge in [0.15, 0.2) is 16.5 Å². The molecule has 0 saturated carbocycles. The fourth-order valence-corrected chi connectivity index (χ4v) is 4.62. The normalized spacial score (nSPS) is 12.8. The number of pyridine rings is 1. The summed E-state index contributed by atoms with van der Waals surface area (Å²) < 4.78 is 31.5. The zero-order valence-electron chi connectivity index (χ0n) is 18.8. The maximum atomic E-state index is 13.9. The van der Waals surface area contributed by atoms with Crippen molar-refractivity contribution in [2.45, 2.75) is 43.8 Å². The summed E-state index contributed by atoms with van der Waals surface area (Å²) in [4.78, 5) is 18.2. The van der Waals surface area contributed by atoms with Crippen molar-refractivity contribution in [3.63, 3.8) is 0 Å². The molecular formula is C24H22F2N6OS. The van der Waals surface area contributed by atoms with Crippen molar-refractivity contribution in [1.82, 2.24) is 29.1 Å². The molecule has 1 atom stereocenters. The van der Waals surface area contributed by atoms with Crippen LogP contribution in [-0.2, 0) is 6.54 Å². The van der Waals surface area contributed by atoms with Gasteiger partial charge in [-0.1, -0.05) is 25.6 Å². The molecule has 5 aromatic rings. The van der Waals surface area contributed by atoms with Gasteiger partial charge in [0.1, 0.15) is 17.2 Å². The van der Waals surface area contributed by atoms with Gasteiger partial charge in [0.05, 0.1) is 41.9 Å². The number of fused-ring (bicyclic) bond motifs is 2. The second-order valence-corrected chi connectivity index (χ2v) is 9.87. The molecule has 1 aromatic carbocycles. The topological polar surface area (TPSA) is 81.7 Å². The maximum absolute atomic E-state index is 13.9. The first-order valence-corrected chi connectivity index (χ1v) is 11.7. The number of halogens is 2. The Bertz CT molecular complexity index is 1490. The minimum absolute atomic E-state index is 0.240. The van der Waals surface area contributed by atoms with Crippen LogP contribution >= 0.6 is 11.8 Å². The first-order valence-electron chi connectivity index (χ1n) is 10.8. The van der Waals surface area contributed by atoms with Gasteiger partial charge in [-0.2, -0.15) is 0 Å². The Morgan fingerprint density at radius 2 is 1.76 bits per heavy atom. The van der Waals surface area contributed by atoms with E-state index in [1.807, 2.05) is 27.5 Å². The van der Waals surface area contributed by atoms with Crippen LogP contribution in [0.15, 0.2) is 54.1 Å². The summed E-state index contributed by atoms with van der Waals surface area (Å²) in [5.41, 5.74) is 4.23. The Morgan fingerprint density at radius 1 is 1.00 bits per heavy atom. The van der Waals surface area contributed by atoms with Gasteiger partial charge in [-0.05, 0) is 36.8 Å². The molecule has 0 aliphatic rings. The Kier molecular flexibility index (Phi) is 5.78. The van der Waals surface area contributed by atoms with Crippen LogP contribution in [0.2, 0.25) is 0 Å². The zero-order chi connectivity index (χ0) is 24.0. The lowest BCUT2D eigenvalue weighted by molar-refractivity contribution is 0.194. The third-order valence-corrected chi connectivity index (χ3v) is 6.27. The summed E-state index contributed by atoms with van der Waals surface area (Å²) >= 11 is 1.56. The van der Waals surface area contributed by atoms with Crippen molar-refractivity contribution < 1.29 is 13.9 Å². The summed E-state index contributed by atoms with van der Waals surface area (Å²) in [6.45, 7) is 5.99. The highest BCUT2D eigenvalue weighted by Gasteiger charge is 2.17. The average molecular weight is 481 g/mol. The number of hydrogen-bond acceptors (Lipinski definition) is 6. The highest BCUT2D eigenvalue weighted by molar-refractivity contribution is 7.99. The van der Waals surface area contributed by atoms with Gasteiger partial charge >= 0.3 is 0 Å². The molecule has 0 spiro atoms. The number of benzene rings is 1. The van der Waals surface area contributed by atoms with Crippen molar-refractivity contribution >= 4 is 34.1 Å². The molecule has 7 nitrogen and oxygen atoms in total. The second kappa shape index (κ2) is 8.77. The number of aliphatic hydroxyl groups excluding tert-OH is 1. The minimum Gasteiger partial charge on any atom is -0.387 e. The highest BCUT2D eigenvalue weighted by atomic mass is 32.2. The molecule has 5 rings (SSSR count). The summed E-state index contributed by atoms with van der Waals surface area (Å²) in [6, 6.07) is 7.26. The van der Waals surface area contributed by atoms with Crippen LogP contribution in [-0.4, -0.2) is 39.4 Å². The van der Waals surface area contributed by atoms with Gasteiger partial charge < -0.3 is 9.67 Å². The number of hydrogen-bond donors (Lipinski definition) is 1. The average Bonchev–Trinajstić information content (AvgIpc) is 3.33. The van der Waals surface area contributed by atoms with Gasteiger partial charge in [-0.25, -0.2) is 23.7 Å². The summed E-state index contributed by atoms with van der Waals surface area (Å²) in [6.07, 6.45) is 4.35. The molecule has 1 N–H and O–H groups in total. The molecule has 0 aliphatic heterocycles. The lowest BCUT2D eigenvalue weighted by Gasteiger charge is -2.12. The molecule has 0 saturated heterocycles. The lowest BCUT2D eigenvalue weighted by atomic mass is 10.2. The Balaban J connectivity index is 1.66. The van der Waals surface area contributed by atoms with Crippen molar-refractivity contribution in [3.05, 3.63) is 71.8 Å². The Hall–Kier alpha value is -3.37. The quantitative estimate of drug-likeness (QED) is 0.343. The molecule has 0 fully saturated rings. The summed E-state index contributed by atoms with van der Waals surface area (Å²) in [7, 11) is 0. The molecule has 34 heavy (non-hydrogen) atoms. The van der Waals surface area contributed by atoms with Gasteiger partial charge in [0.25, 0.3) is 0 Å². The van der Waals surface area contributed by atoms with E-state index in [0.717, 1.165) is 17.3 Å².